The van der Waals surface area contributed by atoms with Gasteiger partial charge in [-0.25, -0.2) is 13.4 Å². The standard InChI is InChI=1S/C22H30N4O4S/c1-17-14-18(2)22(19(3)15-17)30-16-21(27)24-8-13-31(28,29)26-11-9-25(10-12-26)20-6-4-5-7-23-20/h4-7,14-15H,8-13,16H2,1-3H3,(H,24,27). The van der Waals surface area contributed by atoms with Crippen LogP contribution < -0.4 is 15.0 Å². The van der Waals surface area contributed by atoms with Crippen LogP contribution in [0.2, 0.25) is 0 Å². The van der Waals surface area contributed by atoms with Gasteiger partial charge in [-0.2, -0.15) is 4.31 Å². The van der Waals surface area contributed by atoms with E-state index in [1.807, 2.05) is 51.1 Å². The third-order valence-electron chi connectivity index (χ3n) is 5.24. The van der Waals surface area contributed by atoms with Gasteiger partial charge in [-0.15, -0.1) is 0 Å². The fourth-order valence-electron chi connectivity index (χ4n) is 3.77. The number of rotatable bonds is 8. The Balaban J connectivity index is 1.42. The smallest absolute Gasteiger partial charge is 0.257 e. The second kappa shape index (κ2) is 10.1. The quantitative estimate of drug-likeness (QED) is 0.663. The summed E-state index contributed by atoms with van der Waals surface area (Å²) < 4.78 is 32.4. The fraction of sp³-hybridized carbons (Fsp3) is 0.455. The minimum Gasteiger partial charge on any atom is -0.483 e. The lowest BCUT2D eigenvalue weighted by molar-refractivity contribution is -0.122. The molecule has 168 valence electrons. The number of amides is 1. The van der Waals surface area contributed by atoms with Gasteiger partial charge in [0.15, 0.2) is 6.61 Å². The molecule has 31 heavy (non-hydrogen) atoms. The number of sulfonamides is 1. The van der Waals surface area contributed by atoms with E-state index in [1.165, 1.54) is 4.31 Å². The minimum atomic E-state index is -3.44. The summed E-state index contributed by atoms with van der Waals surface area (Å²) >= 11 is 0. The maximum Gasteiger partial charge on any atom is 0.257 e. The Bertz CT molecular complexity index is 980. The number of piperazine rings is 1. The van der Waals surface area contributed by atoms with Crippen molar-refractivity contribution in [2.24, 2.45) is 0 Å². The zero-order valence-corrected chi connectivity index (χ0v) is 19.1. The first kappa shape index (κ1) is 23.0. The lowest BCUT2D eigenvalue weighted by Gasteiger charge is -2.34. The molecule has 1 amide bonds. The Hall–Kier alpha value is -2.65. The Kier molecular flexibility index (Phi) is 7.50. The first-order chi connectivity index (χ1) is 14.8. The SMILES string of the molecule is Cc1cc(C)c(OCC(=O)NCCS(=O)(=O)N2CCN(c3ccccn3)CC2)c(C)c1. The normalized spacial score (nSPS) is 15.0. The highest BCUT2D eigenvalue weighted by molar-refractivity contribution is 7.89. The van der Waals surface area contributed by atoms with E-state index >= 15 is 0 Å². The van der Waals surface area contributed by atoms with Crippen molar-refractivity contribution in [3.8, 4) is 5.75 Å². The van der Waals surface area contributed by atoms with Gasteiger partial charge in [0.1, 0.15) is 11.6 Å². The van der Waals surface area contributed by atoms with Gasteiger partial charge in [0.2, 0.25) is 10.0 Å². The summed E-state index contributed by atoms with van der Waals surface area (Å²) in [7, 11) is -3.44. The number of aryl methyl sites for hydroxylation is 3. The summed E-state index contributed by atoms with van der Waals surface area (Å²) in [5, 5.41) is 2.64. The van der Waals surface area contributed by atoms with Gasteiger partial charge < -0.3 is 15.0 Å². The van der Waals surface area contributed by atoms with Crippen molar-refractivity contribution in [1.82, 2.24) is 14.6 Å². The van der Waals surface area contributed by atoms with Gasteiger partial charge in [0, 0.05) is 38.9 Å². The number of nitrogens with one attached hydrogen (secondary N) is 1. The van der Waals surface area contributed by atoms with Crippen molar-refractivity contribution in [2.45, 2.75) is 20.8 Å². The van der Waals surface area contributed by atoms with E-state index in [0.717, 1.165) is 22.5 Å². The molecule has 0 radical (unpaired) electrons. The molecule has 1 aliphatic heterocycles. The first-order valence-corrected chi connectivity index (χ1v) is 12.0. The van der Waals surface area contributed by atoms with Gasteiger partial charge in [-0.1, -0.05) is 23.8 Å². The molecule has 1 saturated heterocycles. The van der Waals surface area contributed by atoms with E-state index in [0.29, 0.717) is 31.9 Å². The lowest BCUT2D eigenvalue weighted by atomic mass is 10.1. The van der Waals surface area contributed by atoms with Crippen LogP contribution in [0.1, 0.15) is 16.7 Å². The molecule has 9 heteroatoms. The first-order valence-electron chi connectivity index (χ1n) is 10.4. The zero-order valence-electron chi connectivity index (χ0n) is 18.3. The van der Waals surface area contributed by atoms with E-state index < -0.39 is 10.0 Å². The van der Waals surface area contributed by atoms with Crippen molar-refractivity contribution in [3.05, 3.63) is 53.2 Å². The molecule has 1 N–H and O–H groups in total. The molecule has 1 aromatic carbocycles. The van der Waals surface area contributed by atoms with E-state index in [-0.39, 0.29) is 24.8 Å². The van der Waals surface area contributed by atoms with Crippen LogP contribution in [0.5, 0.6) is 5.75 Å². The number of aromatic nitrogens is 1. The molecule has 1 fully saturated rings. The van der Waals surface area contributed by atoms with E-state index in [1.54, 1.807) is 6.20 Å². The van der Waals surface area contributed by atoms with Crippen molar-refractivity contribution < 1.29 is 17.9 Å². The Morgan fingerprint density at radius 3 is 2.39 bits per heavy atom. The van der Waals surface area contributed by atoms with Crippen LogP contribution in [0.4, 0.5) is 5.82 Å². The Morgan fingerprint density at radius 2 is 1.77 bits per heavy atom. The van der Waals surface area contributed by atoms with Crippen LogP contribution in [-0.4, -0.2) is 68.7 Å². The predicted molar refractivity (Wildman–Crippen MR) is 121 cm³/mol. The van der Waals surface area contributed by atoms with Crippen molar-refractivity contribution in [1.29, 1.82) is 0 Å². The molecule has 1 aliphatic rings. The van der Waals surface area contributed by atoms with E-state index in [2.05, 4.69) is 15.2 Å². The molecule has 2 heterocycles. The summed E-state index contributed by atoms with van der Waals surface area (Å²) in [6.07, 6.45) is 1.73. The molecular formula is C22H30N4O4S. The van der Waals surface area contributed by atoms with Crippen LogP contribution in [0.15, 0.2) is 36.5 Å². The van der Waals surface area contributed by atoms with Crippen LogP contribution >= 0.6 is 0 Å². The zero-order chi connectivity index (χ0) is 22.4. The molecule has 0 spiro atoms. The Labute approximate surface area is 184 Å². The van der Waals surface area contributed by atoms with Gasteiger partial charge in [-0.05, 0) is 44.0 Å². The van der Waals surface area contributed by atoms with Crippen LogP contribution in [0.3, 0.4) is 0 Å². The number of carbonyl (C=O) groups excluding carboxylic acids is 1. The second-order valence-electron chi connectivity index (χ2n) is 7.76. The molecule has 0 bridgehead atoms. The molecule has 0 saturated carbocycles. The number of hydrogen-bond donors (Lipinski definition) is 1. The average Bonchev–Trinajstić information content (AvgIpc) is 2.73. The monoisotopic (exact) mass is 446 g/mol. The molecule has 0 unspecified atom stereocenters. The summed E-state index contributed by atoms with van der Waals surface area (Å²) in [5.74, 6) is 1.07. The minimum absolute atomic E-state index is 0.0524. The highest BCUT2D eigenvalue weighted by Gasteiger charge is 2.27. The average molecular weight is 447 g/mol. The Morgan fingerprint density at radius 1 is 1.10 bits per heavy atom. The topological polar surface area (TPSA) is 91.8 Å². The van der Waals surface area contributed by atoms with Gasteiger partial charge in [0.25, 0.3) is 5.91 Å². The molecule has 0 atom stereocenters. The molecule has 0 aliphatic carbocycles. The largest absolute Gasteiger partial charge is 0.483 e. The molecule has 2 aromatic rings. The highest BCUT2D eigenvalue weighted by Crippen LogP contribution is 2.24. The fourth-order valence-corrected chi connectivity index (χ4v) is 5.11. The number of hydrogen-bond acceptors (Lipinski definition) is 6. The highest BCUT2D eigenvalue weighted by atomic mass is 32.2. The third-order valence-corrected chi connectivity index (χ3v) is 7.11. The van der Waals surface area contributed by atoms with Crippen molar-refractivity contribution in [2.75, 3.05) is 50.0 Å². The number of benzene rings is 1. The number of pyridine rings is 1. The third kappa shape index (κ3) is 6.18. The number of carbonyl (C=O) groups is 1. The van der Waals surface area contributed by atoms with Crippen molar-refractivity contribution >= 4 is 21.7 Å². The number of ether oxygens (including phenoxy) is 1. The second-order valence-corrected chi connectivity index (χ2v) is 9.84. The maximum absolute atomic E-state index is 12.6. The van der Waals surface area contributed by atoms with Gasteiger partial charge in [0.05, 0.1) is 5.75 Å². The maximum atomic E-state index is 12.6. The molecule has 3 rings (SSSR count). The number of anilines is 1. The summed E-state index contributed by atoms with van der Waals surface area (Å²) in [6, 6.07) is 9.69. The summed E-state index contributed by atoms with van der Waals surface area (Å²) in [4.78, 5) is 18.5. The predicted octanol–water partition coefficient (Wildman–Crippen LogP) is 1.65. The lowest BCUT2D eigenvalue weighted by Crippen LogP contribution is -2.50. The van der Waals surface area contributed by atoms with E-state index in [9.17, 15) is 13.2 Å². The van der Waals surface area contributed by atoms with Crippen molar-refractivity contribution in [3.63, 3.8) is 0 Å². The van der Waals surface area contributed by atoms with Crippen LogP contribution in [0.25, 0.3) is 0 Å². The van der Waals surface area contributed by atoms with Crippen LogP contribution in [-0.2, 0) is 14.8 Å². The number of nitrogens with zero attached hydrogens (tertiary/aromatic N) is 3. The molecular weight excluding hydrogens is 416 g/mol. The van der Waals surface area contributed by atoms with Gasteiger partial charge in [-0.3, -0.25) is 4.79 Å². The summed E-state index contributed by atoms with van der Waals surface area (Å²) in [5.41, 5.74) is 3.08. The molecule has 8 nitrogen and oxygen atoms in total. The van der Waals surface area contributed by atoms with Gasteiger partial charge >= 0.3 is 0 Å². The summed E-state index contributed by atoms with van der Waals surface area (Å²) in [6.45, 7) is 7.78. The molecule has 1 aromatic heterocycles. The van der Waals surface area contributed by atoms with Crippen LogP contribution in [0, 0.1) is 20.8 Å². The van der Waals surface area contributed by atoms with E-state index in [4.69, 9.17) is 4.74 Å².